The highest BCUT2D eigenvalue weighted by Gasteiger charge is 2.34. The second-order valence-electron chi connectivity index (χ2n) is 3.39. The van der Waals surface area contributed by atoms with Crippen LogP contribution in [0.5, 0.6) is 0 Å². The molecular formula is C9H10ClNO2. The molecule has 1 fully saturated rings. The first-order valence-corrected chi connectivity index (χ1v) is 4.60. The number of hydrogen-bond acceptors (Lipinski definition) is 2. The van der Waals surface area contributed by atoms with Crippen LogP contribution in [0.2, 0.25) is 5.02 Å². The molecule has 0 aliphatic heterocycles. The fourth-order valence-electron chi connectivity index (χ4n) is 1.21. The zero-order chi connectivity index (χ0) is 9.42. The van der Waals surface area contributed by atoms with Crippen molar-refractivity contribution < 1.29 is 9.21 Å². The Balaban J connectivity index is 2.01. The normalized spacial score (nSPS) is 25.7. The Kier molecular flexibility index (Phi) is 2.04. The topological polar surface area (TPSA) is 42.2 Å². The molecule has 1 aliphatic carbocycles. The van der Waals surface area contributed by atoms with Gasteiger partial charge in [-0.15, -0.1) is 0 Å². The Morgan fingerprint density at radius 2 is 2.46 bits per heavy atom. The van der Waals surface area contributed by atoms with Gasteiger partial charge in [0.1, 0.15) is 0 Å². The second-order valence-corrected chi connectivity index (χ2v) is 3.80. The van der Waals surface area contributed by atoms with Crippen LogP contribution in [0.15, 0.2) is 16.7 Å². The molecule has 1 amide bonds. The third-order valence-electron chi connectivity index (χ3n) is 2.25. The van der Waals surface area contributed by atoms with Gasteiger partial charge < -0.3 is 9.73 Å². The molecule has 13 heavy (non-hydrogen) atoms. The summed E-state index contributed by atoms with van der Waals surface area (Å²) in [5.74, 6) is 0.572. The third-order valence-corrected chi connectivity index (χ3v) is 2.55. The number of rotatable bonds is 2. The van der Waals surface area contributed by atoms with E-state index in [1.54, 1.807) is 6.07 Å². The lowest BCUT2D eigenvalue weighted by molar-refractivity contribution is 0.0922. The van der Waals surface area contributed by atoms with Crippen LogP contribution in [0.1, 0.15) is 23.9 Å². The van der Waals surface area contributed by atoms with Crippen molar-refractivity contribution in [3.63, 3.8) is 0 Å². The first-order valence-electron chi connectivity index (χ1n) is 4.22. The van der Waals surface area contributed by atoms with Gasteiger partial charge in [-0.1, -0.05) is 18.5 Å². The minimum atomic E-state index is -0.218. The highest BCUT2D eigenvalue weighted by molar-refractivity contribution is 6.33. The van der Waals surface area contributed by atoms with Crippen LogP contribution in [-0.2, 0) is 0 Å². The summed E-state index contributed by atoms with van der Waals surface area (Å²) in [6.07, 6.45) is 2.46. The molecular weight excluding hydrogens is 190 g/mol. The zero-order valence-electron chi connectivity index (χ0n) is 7.21. The first-order chi connectivity index (χ1) is 6.18. The Morgan fingerprint density at radius 1 is 1.77 bits per heavy atom. The fourth-order valence-corrected chi connectivity index (χ4v) is 1.39. The molecule has 0 radical (unpaired) electrons. The Hall–Kier alpha value is -0.960. The largest absolute Gasteiger partial charge is 0.458 e. The molecule has 0 spiro atoms. The van der Waals surface area contributed by atoms with E-state index in [4.69, 9.17) is 16.0 Å². The van der Waals surface area contributed by atoms with E-state index in [1.165, 1.54) is 6.26 Å². The molecule has 70 valence electrons. The summed E-state index contributed by atoms with van der Waals surface area (Å²) < 4.78 is 4.95. The van der Waals surface area contributed by atoms with Gasteiger partial charge in [0.05, 0.1) is 11.3 Å². The van der Waals surface area contributed by atoms with Crippen molar-refractivity contribution >= 4 is 17.5 Å². The van der Waals surface area contributed by atoms with Crippen molar-refractivity contribution in [3.05, 3.63) is 23.1 Å². The molecule has 1 N–H and O–H groups in total. The van der Waals surface area contributed by atoms with Crippen molar-refractivity contribution in [2.24, 2.45) is 5.92 Å². The molecule has 0 unspecified atom stereocenters. The summed E-state index contributed by atoms with van der Waals surface area (Å²) in [6.45, 7) is 2.09. The molecule has 1 aromatic heterocycles. The molecule has 1 saturated carbocycles. The van der Waals surface area contributed by atoms with Gasteiger partial charge in [-0.2, -0.15) is 0 Å². The molecule has 1 aliphatic rings. The standard InChI is InChI=1S/C9H10ClNO2/c1-5-4-7(5)11-9(12)8-6(10)2-3-13-8/h2-3,5,7H,4H2,1H3,(H,11,12)/t5-,7-/m1/s1. The summed E-state index contributed by atoms with van der Waals surface area (Å²) in [4.78, 5) is 11.4. The summed E-state index contributed by atoms with van der Waals surface area (Å²) >= 11 is 5.72. The number of hydrogen-bond donors (Lipinski definition) is 1. The third kappa shape index (κ3) is 1.70. The summed E-state index contributed by atoms with van der Waals surface area (Å²) in [7, 11) is 0. The lowest BCUT2D eigenvalue weighted by Crippen LogP contribution is -2.26. The summed E-state index contributed by atoms with van der Waals surface area (Å²) in [6, 6.07) is 1.86. The number of nitrogens with one attached hydrogen (secondary N) is 1. The lowest BCUT2D eigenvalue weighted by Gasteiger charge is -2.00. The van der Waals surface area contributed by atoms with Crippen molar-refractivity contribution in [2.45, 2.75) is 19.4 Å². The minimum absolute atomic E-state index is 0.209. The highest BCUT2D eigenvalue weighted by Crippen LogP contribution is 2.29. The molecule has 1 aromatic rings. The van der Waals surface area contributed by atoms with E-state index in [2.05, 4.69) is 12.2 Å². The van der Waals surface area contributed by atoms with Crippen LogP contribution in [-0.4, -0.2) is 11.9 Å². The van der Waals surface area contributed by atoms with Crippen LogP contribution in [0.25, 0.3) is 0 Å². The van der Waals surface area contributed by atoms with E-state index in [1.807, 2.05) is 0 Å². The van der Waals surface area contributed by atoms with Crippen LogP contribution in [0.4, 0.5) is 0 Å². The molecule has 1 heterocycles. The molecule has 0 saturated heterocycles. The molecule has 3 nitrogen and oxygen atoms in total. The lowest BCUT2D eigenvalue weighted by atomic mass is 10.4. The smallest absolute Gasteiger partial charge is 0.288 e. The number of carbonyl (C=O) groups is 1. The summed E-state index contributed by atoms with van der Waals surface area (Å²) in [5, 5.41) is 3.20. The van der Waals surface area contributed by atoms with Crippen molar-refractivity contribution in [2.75, 3.05) is 0 Å². The van der Waals surface area contributed by atoms with E-state index >= 15 is 0 Å². The average Bonchev–Trinajstić information content (AvgIpc) is 2.62. The second kappa shape index (κ2) is 3.07. The van der Waals surface area contributed by atoms with Gasteiger partial charge >= 0.3 is 0 Å². The quantitative estimate of drug-likeness (QED) is 0.793. The molecule has 2 atom stereocenters. The molecule has 0 aromatic carbocycles. The summed E-state index contributed by atoms with van der Waals surface area (Å²) in [5.41, 5.74) is 0. The maximum absolute atomic E-state index is 11.4. The van der Waals surface area contributed by atoms with Gasteiger partial charge in [0.25, 0.3) is 5.91 Å². The maximum atomic E-state index is 11.4. The van der Waals surface area contributed by atoms with Crippen LogP contribution in [0, 0.1) is 5.92 Å². The maximum Gasteiger partial charge on any atom is 0.288 e. The van der Waals surface area contributed by atoms with Gasteiger partial charge in [-0.05, 0) is 18.4 Å². The van der Waals surface area contributed by atoms with Crippen molar-refractivity contribution in [1.29, 1.82) is 0 Å². The van der Waals surface area contributed by atoms with E-state index < -0.39 is 0 Å². The monoisotopic (exact) mass is 199 g/mol. The van der Waals surface area contributed by atoms with Gasteiger partial charge in [0.15, 0.2) is 0 Å². The van der Waals surface area contributed by atoms with Gasteiger partial charge in [0, 0.05) is 6.04 Å². The average molecular weight is 200 g/mol. The van der Waals surface area contributed by atoms with E-state index in [0.29, 0.717) is 17.0 Å². The van der Waals surface area contributed by atoms with Crippen LogP contribution in [0.3, 0.4) is 0 Å². The first kappa shape index (κ1) is 8.63. The van der Waals surface area contributed by atoms with Crippen LogP contribution >= 0.6 is 11.6 Å². The van der Waals surface area contributed by atoms with Crippen molar-refractivity contribution in [3.8, 4) is 0 Å². The molecule has 4 heteroatoms. The van der Waals surface area contributed by atoms with E-state index in [-0.39, 0.29) is 11.7 Å². The predicted molar refractivity (Wildman–Crippen MR) is 48.8 cm³/mol. The molecule has 0 bridgehead atoms. The SMILES string of the molecule is C[C@@H]1C[C@H]1NC(=O)c1occc1Cl. The number of carbonyl (C=O) groups excluding carboxylic acids is 1. The Morgan fingerprint density at radius 3 is 2.92 bits per heavy atom. The number of furan rings is 1. The molecule has 2 rings (SSSR count). The Labute approximate surface area is 81.1 Å². The van der Waals surface area contributed by atoms with E-state index in [0.717, 1.165) is 6.42 Å². The van der Waals surface area contributed by atoms with Gasteiger partial charge in [-0.25, -0.2) is 0 Å². The predicted octanol–water partition coefficient (Wildman–Crippen LogP) is 2.07. The van der Waals surface area contributed by atoms with E-state index in [9.17, 15) is 4.79 Å². The number of halogens is 1. The number of amides is 1. The minimum Gasteiger partial charge on any atom is -0.458 e. The zero-order valence-corrected chi connectivity index (χ0v) is 7.97. The fraction of sp³-hybridized carbons (Fsp3) is 0.444. The van der Waals surface area contributed by atoms with Crippen LogP contribution < -0.4 is 5.32 Å². The Bertz CT molecular complexity index is 334. The van der Waals surface area contributed by atoms with Gasteiger partial charge in [-0.3, -0.25) is 4.79 Å². The van der Waals surface area contributed by atoms with Gasteiger partial charge in [0.2, 0.25) is 5.76 Å². The highest BCUT2D eigenvalue weighted by atomic mass is 35.5. The van der Waals surface area contributed by atoms with Crippen molar-refractivity contribution in [1.82, 2.24) is 5.32 Å².